The predicted octanol–water partition coefficient (Wildman–Crippen LogP) is 3.51. The summed E-state index contributed by atoms with van der Waals surface area (Å²) in [5, 5.41) is 20.9. The Morgan fingerprint density at radius 3 is 2.70 bits per heavy atom. The average Bonchev–Trinajstić information content (AvgIpc) is 3.48. The summed E-state index contributed by atoms with van der Waals surface area (Å²) >= 11 is 6.32. The molecule has 2 atom stereocenters. The predicted molar refractivity (Wildman–Crippen MR) is 148 cm³/mol. The molecule has 2 heterocycles. The van der Waals surface area contributed by atoms with Crippen molar-refractivity contribution in [2.75, 3.05) is 39.8 Å². The minimum atomic E-state index is -1.23. The van der Waals surface area contributed by atoms with Crippen molar-refractivity contribution < 1.29 is 33.4 Å². The van der Waals surface area contributed by atoms with Gasteiger partial charge in [-0.2, -0.15) is 0 Å². The van der Waals surface area contributed by atoms with Gasteiger partial charge in [0.1, 0.15) is 30.5 Å². The lowest BCUT2D eigenvalue weighted by molar-refractivity contribution is -0.123. The summed E-state index contributed by atoms with van der Waals surface area (Å²) in [6, 6.07) is 8.18. The number of aliphatic hydroxyl groups excluding tert-OH is 1. The van der Waals surface area contributed by atoms with E-state index in [0.29, 0.717) is 34.9 Å². The molecule has 2 amide bonds. The number of allylic oxidation sites excluding steroid dienone is 1. The van der Waals surface area contributed by atoms with E-state index in [2.05, 4.69) is 15.8 Å². The summed E-state index contributed by atoms with van der Waals surface area (Å²) in [7, 11) is 4.38. The number of amides is 2. The summed E-state index contributed by atoms with van der Waals surface area (Å²) in [5.74, 6) is -1.51. The molecule has 12 heteroatoms. The highest BCUT2D eigenvalue weighted by Gasteiger charge is 2.33. The third-order valence-corrected chi connectivity index (χ3v) is 6.76. The zero-order valence-corrected chi connectivity index (χ0v) is 23.0. The topological polar surface area (TPSA) is 122 Å². The average molecular weight is 573 g/mol. The van der Waals surface area contributed by atoms with Crippen molar-refractivity contribution in [1.82, 2.24) is 10.2 Å². The van der Waals surface area contributed by atoms with Crippen molar-refractivity contribution >= 4 is 40.4 Å². The summed E-state index contributed by atoms with van der Waals surface area (Å²) in [6.45, 7) is 0.671. The van der Waals surface area contributed by atoms with Gasteiger partial charge in [0.05, 0.1) is 18.4 Å². The van der Waals surface area contributed by atoms with Crippen LogP contribution < -0.4 is 10.6 Å². The van der Waals surface area contributed by atoms with Gasteiger partial charge in [-0.05, 0) is 42.0 Å². The third-order valence-electron chi connectivity index (χ3n) is 6.53. The number of halogens is 2. The molecule has 0 saturated carbocycles. The number of benzene rings is 2. The number of oxime groups is 1. The molecule has 0 saturated heterocycles. The van der Waals surface area contributed by atoms with Gasteiger partial charge in [0, 0.05) is 61.7 Å². The van der Waals surface area contributed by atoms with Crippen molar-refractivity contribution in [3.8, 4) is 0 Å². The molecule has 0 fully saturated rings. The van der Waals surface area contributed by atoms with Crippen LogP contribution in [0.1, 0.15) is 34.3 Å². The molecule has 2 aromatic carbocycles. The van der Waals surface area contributed by atoms with Crippen LogP contribution in [0.15, 0.2) is 59.6 Å². The number of rotatable bonds is 10. The minimum Gasteiger partial charge on any atom is -0.495 e. The number of carbonyl (C=O) groups is 2. The lowest BCUT2D eigenvalue weighted by atomic mass is 9.92. The number of hydrogen-bond acceptors (Lipinski definition) is 8. The van der Waals surface area contributed by atoms with E-state index in [0.717, 1.165) is 17.3 Å². The largest absolute Gasteiger partial charge is 0.495 e. The molecule has 212 valence electrons. The van der Waals surface area contributed by atoms with E-state index in [1.165, 1.54) is 38.3 Å². The highest BCUT2D eigenvalue weighted by Crippen LogP contribution is 2.35. The molecule has 0 bridgehead atoms. The quantitative estimate of drug-likeness (QED) is 0.398. The Morgan fingerprint density at radius 1 is 1.25 bits per heavy atom. The molecule has 40 heavy (non-hydrogen) atoms. The summed E-state index contributed by atoms with van der Waals surface area (Å²) in [5.41, 5.74) is 2.78. The smallest absolute Gasteiger partial charge is 0.253 e. The van der Waals surface area contributed by atoms with Crippen LogP contribution in [0.25, 0.3) is 5.57 Å². The zero-order chi connectivity index (χ0) is 28.8. The van der Waals surface area contributed by atoms with Crippen molar-refractivity contribution in [1.29, 1.82) is 0 Å². The normalized spacial score (nSPS) is 17.3. The maximum absolute atomic E-state index is 14.5. The van der Waals surface area contributed by atoms with Gasteiger partial charge in [0.25, 0.3) is 5.91 Å². The molecular weight excluding hydrogens is 543 g/mol. The molecule has 2 aliphatic heterocycles. The van der Waals surface area contributed by atoms with Crippen LogP contribution in [0, 0.1) is 5.82 Å². The second kappa shape index (κ2) is 12.9. The molecule has 0 spiro atoms. The number of aliphatic hydroxyl groups is 1. The first kappa shape index (κ1) is 29.1. The van der Waals surface area contributed by atoms with Crippen molar-refractivity contribution in [3.05, 3.63) is 82.0 Å². The Kier molecular flexibility index (Phi) is 9.41. The number of hydrogen-bond donors (Lipinski definition) is 3. The monoisotopic (exact) mass is 572 g/mol. The van der Waals surface area contributed by atoms with E-state index in [4.69, 9.17) is 25.9 Å². The van der Waals surface area contributed by atoms with Crippen LogP contribution in [0.3, 0.4) is 0 Å². The highest BCUT2D eigenvalue weighted by atomic mass is 35.5. The van der Waals surface area contributed by atoms with Crippen LogP contribution in [0.2, 0.25) is 5.02 Å². The fourth-order valence-electron chi connectivity index (χ4n) is 4.53. The van der Waals surface area contributed by atoms with Crippen LogP contribution in [-0.4, -0.2) is 74.3 Å². The Labute approximate surface area is 236 Å². The molecule has 10 nitrogen and oxygen atoms in total. The Balaban J connectivity index is 1.64. The SMILES string of the molecule is CNC(=O)c1ccc(NC(=O)C(CCOC)N2C=C(OC)C(c3cc(Cl)ccc3C3=NOCC3)=CC2O)cc1F. The second-order valence-corrected chi connectivity index (χ2v) is 9.45. The third kappa shape index (κ3) is 6.27. The molecule has 0 aliphatic carbocycles. The Morgan fingerprint density at radius 2 is 2.05 bits per heavy atom. The van der Waals surface area contributed by atoms with Crippen molar-refractivity contribution in [3.63, 3.8) is 0 Å². The summed E-state index contributed by atoms with van der Waals surface area (Å²) in [4.78, 5) is 31.8. The molecule has 2 aliphatic rings. The molecule has 3 N–H and O–H groups in total. The van der Waals surface area contributed by atoms with Gasteiger partial charge < -0.3 is 35.0 Å². The first-order valence-electron chi connectivity index (χ1n) is 12.5. The van der Waals surface area contributed by atoms with E-state index in [1.807, 2.05) is 6.07 Å². The minimum absolute atomic E-state index is 0.149. The summed E-state index contributed by atoms with van der Waals surface area (Å²) < 4.78 is 25.4. The summed E-state index contributed by atoms with van der Waals surface area (Å²) in [6.07, 6.45) is 2.70. The van der Waals surface area contributed by atoms with Crippen LogP contribution in [0.5, 0.6) is 0 Å². The van der Waals surface area contributed by atoms with Gasteiger partial charge in [-0.1, -0.05) is 22.8 Å². The number of nitrogens with one attached hydrogen (secondary N) is 2. The molecule has 0 radical (unpaired) electrons. The molecule has 2 aromatic rings. The van der Waals surface area contributed by atoms with Crippen molar-refractivity contribution in [2.45, 2.75) is 25.1 Å². The number of methoxy groups -OCH3 is 2. The van der Waals surface area contributed by atoms with E-state index < -0.39 is 29.9 Å². The first-order valence-corrected chi connectivity index (χ1v) is 12.9. The molecule has 4 rings (SSSR count). The van der Waals surface area contributed by atoms with E-state index in [9.17, 15) is 19.1 Å². The molecule has 2 unspecified atom stereocenters. The maximum atomic E-state index is 14.5. The lowest BCUT2D eigenvalue weighted by Crippen LogP contribution is -2.47. The Hall–Kier alpha value is -3.93. The maximum Gasteiger partial charge on any atom is 0.253 e. The van der Waals surface area contributed by atoms with E-state index in [-0.39, 0.29) is 24.3 Å². The molecular formula is C28H30ClFN4O6. The highest BCUT2D eigenvalue weighted by molar-refractivity contribution is 6.31. The van der Waals surface area contributed by atoms with Crippen molar-refractivity contribution in [2.24, 2.45) is 5.16 Å². The number of carbonyl (C=O) groups excluding carboxylic acids is 2. The number of nitrogens with zero attached hydrogens (tertiary/aromatic N) is 2. The first-order chi connectivity index (χ1) is 19.3. The molecule has 0 aromatic heterocycles. The van der Waals surface area contributed by atoms with E-state index >= 15 is 0 Å². The lowest BCUT2D eigenvalue weighted by Gasteiger charge is -2.36. The van der Waals surface area contributed by atoms with Gasteiger partial charge in [-0.3, -0.25) is 9.59 Å². The zero-order valence-electron chi connectivity index (χ0n) is 22.2. The van der Waals surface area contributed by atoms with Crippen LogP contribution in [-0.2, 0) is 19.1 Å². The van der Waals surface area contributed by atoms with Crippen LogP contribution in [0.4, 0.5) is 10.1 Å². The van der Waals surface area contributed by atoms with E-state index in [1.54, 1.807) is 24.4 Å². The van der Waals surface area contributed by atoms with Gasteiger partial charge in [0.2, 0.25) is 5.91 Å². The van der Waals surface area contributed by atoms with Gasteiger partial charge in [-0.15, -0.1) is 0 Å². The second-order valence-electron chi connectivity index (χ2n) is 9.01. The fourth-order valence-corrected chi connectivity index (χ4v) is 4.70. The number of anilines is 1. The standard InChI is InChI=1S/C28H30ClFN4O6/c1-31-27(36)19-7-5-17(13-22(19)30)32-28(37)24(9-10-38-2)34-15-25(39-3)21(14-26(34)35)20-12-16(29)4-6-18(20)23-8-11-40-33-23/h4-7,12-15,24,26,35H,8-11H2,1-3H3,(H,31,36)(H,32,37). The Bertz CT molecular complexity index is 1380. The van der Waals surface area contributed by atoms with Gasteiger partial charge >= 0.3 is 0 Å². The van der Waals surface area contributed by atoms with Gasteiger partial charge in [0.15, 0.2) is 0 Å². The number of ether oxygens (including phenoxy) is 2. The fraction of sp³-hybridized carbons (Fsp3) is 0.321. The van der Waals surface area contributed by atoms with Gasteiger partial charge in [-0.25, -0.2) is 4.39 Å². The van der Waals surface area contributed by atoms with Crippen LogP contribution >= 0.6 is 11.6 Å².